The fraction of sp³-hybridized carbons (Fsp3) is 0.900. The Hall–Kier alpha value is -0.570. The minimum absolute atomic E-state index is 0.446. The van der Waals surface area contributed by atoms with Gasteiger partial charge in [-0.3, -0.25) is 0 Å². The molecule has 0 saturated heterocycles. The van der Waals surface area contributed by atoms with Crippen LogP contribution in [0.5, 0.6) is 0 Å². The highest BCUT2D eigenvalue weighted by Crippen LogP contribution is 2.28. The van der Waals surface area contributed by atoms with E-state index in [1.54, 1.807) is 0 Å². The highest BCUT2D eigenvalue weighted by atomic mass is 15.3. The average molecular weight is 181 g/mol. The van der Waals surface area contributed by atoms with E-state index < -0.39 is 0 Å². The van der Waals surface area contributed by atoms with Crippen LogP contribution in [0.4, 0.5) is 0 Å². The van der Waals surface area contributed by atoms with Gasteiger partial charge in [0, 0.05) is 24.2 Å². The van der Waals surface area contributed by atoms with Crippen LogP contribution in [-0.2, 0) is 0 Å². The first-order valence-corrected chi connectivity index (χ1v) is 5.33. The molecule has 1 fully saturated rings. The van der Waals surface area contributed by atoms with Crippen molar-refractivity contribution in [2.45, 2.75) is 38.6 Å². The van der Waals surface area contributed by atoms with Crippen LogP contribution < -0.4 is 11.2 Å². The zero-order valence-electron chi connectivity index (χ0n) is 8.29. The van der Waals surface area contributed by atoms with Gasteiger partial charge in [-0.2, -0.15) is 5.10 Å². The van der Waals surface area contributed by atoms with Gasteiger partial charge in [0.05, 0.1) is 0 Å². The van der Waals surface area contributed by atoms with Crippen molar-refractivity contribution in [2.75, 3.05) is 6.54 Å². The number of nitrogens with two attached hydrogens (primary N) is 1. The first-order chi connectivity index (χ1) is 6.27. The van der Waals surface area contributed by atoms with Crippen molar-refractivity contribution in [1.29, 1.82) is 0 Å². The Morgan fingerprint density at radius 2 is 2.00 bits per heavy atom. The lowest BCUT2D eigenvalue weighted by atomic mass is 9.80. The summed E-state index contributed by atoms with van der Waals surface area (Å²) in [6, 6.07) is 0.446. The van der Waals surface area contributed by atoms with Crippen LogP contribution in [0.2, 0.25) is 0 Å². The number of hydrogen-bond acceptors (Lipinski definition) is 3. The standard InChI is InChI=1S/C10H19N3/c1-7-6-12-13-10(7)8-2-4-9(11)5-3-8/h7-9,12H,2-6,11H2,1H3. The predicted octanol–water partition coefficient (Wildman–Crippen LogP) is 1.10. The Labute approximate surface area is 79.8 Å². The zero-order valence-corrected chi connectivity index (χ0v) is 8.29. The lowest BCUT2D eigenvalue weighted by Crippen LogP contribution is -2.31. The molecule has 1 heterocycles. The van der Waals surface area contributed by atoms with Gasteiger partial charge in [-0.1, -0.05) is 6.92 Å². The quantitative estimate of drug-likeness (QED) is 0.636. The number of rotatable bonds is 1. The summed E-state index contributed by atoms with van der Waals surface area (Å²) in [7, 11) is 0. The van der Waals surface area contributed by atoms with E-state index in [2.05, 4.69) is 17.5 Å². The molecule has 0 amide bonds. The topological polar surface area (TPSA) is 50.4 Å². The van der Waals surface area contributed by atoms with Crippen molar-refractivity contribution in [1.82, 2.24) is 5.43 Å². The van der Waals surface area contributed by atoms with Gasteiger partial charge < -0.3 is 11.2 Å². The Bertz CT molecular complexity index is 204. The lowest BCUT2D eigenvalue weighted by molar-refractivity contribution is 0.386. The maximum Gasteiger partial charge on any atom is 0.0455 e. The van der Waals surface area contributed by atoms with Gasteiger partial charge in [0.1, 0.15) is 0 Å². The van der Waals surface area contributed by atoms with E-state index in [0.29, 0.717) is 17.9 Å². The minimum Gasteiger partial charge on any atom is -0.328 e. The van der Waals surface area contributed by atoms with E-state index in [1.807, 2.05) is 0 Å². The molecule has 1 aliphatic heterocycles. The average Bonchev–Trinajstić information content (AvgIpc) is 2.53. The number of hydrazone groups is 1. The second-order valence-corrected chi connectivity index (χ2v) is 4.41. The third kappa shape index (κ3) is 1.85. The summed E-state index contributed by atoms with van der Waals surface area (Å²) in [5.74, 6) is 1.35. The Balaban J connectivity index is 1.94. The van der Waals surface area contributed by atoms with Crippen LogP contribution in [0.3, 0.4) is 0 Å². The molecule has 3 nitrogen and oxygen atoms in total. The monoisotopic (exact) mass is 181 g/mol. The molecule has 0 aromatic carbocycles. The van der Waals surface area contributed by atoms with Crippen LogP contribution in [0.15, 0.2) is 5.10 Å². The molecule has 3 heteroatoms. The summed E-state index contributed by atoms with van der Waals surface area (Å²) in [5.41, 5.74) is 10.4. The van der Waals surface area contributed by atoms with E-state index >= 15 is 0 Å². The number of nitrogens with zero attached hydrogens (tertiary/aromatic N) is 1. The second kappa shape index (κ2) is 3.66. The summed E-state index contributed by atoms with van der Waals surface area (Å²) in [5, 5.41) is 4.39. The molecule has 2 aliphatic rings. The highest BCUT2D eigenvalue weighted by molar-refractivity contribution is 5.90. The van der Waals surface area contributed by atoms with Crippen molar-refractivity contribution in [3.05, 3.63) is 0 Å². The molecule has 1 atom stereocenters. The van der Waals surface area contributed by atoms with Crippen LogP contribution in [-0.4, -0.2) is 18.3 Å². The van der Waals surface area contributed by atoms with Gasteiger partial charge in [0.15, 0.2) is 0 Å². The van der Waals surface area contributed by atoms with Crippen LogP contribution in [0, 0.1) is 11.8 Å². The van der Waals surface area contributed by atoms with Gasteiger partial charge in [-0.25, -0.2) is 0 Å². The normalized spacial score (nSPS) is 39.8. The van der Waals surface area contributed by atoms with Gasteiger partial charge in [0.2, 0.25) is 0 Å². The van der Waals surface area contributed by atoms with Gasteiger partial charge in [-0.15, -0.1) is 0 Å². The highest BCUT2D eigenvalue weighted by Gasteiger charge is 2.28. The van der Waals surface area contributed by atoms with E-state index in [-0.39, 0.29) is 0 Å². The van der Waals surface area contributed by atoms with E-state index in [0.717, 1.165) is 6.54 Å². The maximum atomic E-state index is 5.87. The fourth-order valence-corrected chi connectivity index (χ4v) is 2.40. The van der Waals surface area contributed by atoms with Gasteiger partial charge in [-0.05, 0) is 31.6 Å². The molecular weight excluding hydrogens is 162 g/mol. The molecule has 0 bridgehead atoms. The van der Waals surface area contributed by atoms with Crippen molar-refractivity contribution in [2.24, 2.45) is 22.7 Å². The largest absolute Gasteiger partial charge is 0.328 e. The van der Waals surface area contributed by atoms with E-state index in [4.69, 9.17) is 5.73 Å². The van der Waals surface area contributed by atoms with Crippen LogP contribution >= 0.6 is 0 Å². The van der Waals surface area contributed by atoms with Crippen molar-refractivity contribution in [3.8, 4) is 0 Å². The Kier molecular flexibility index (Phi) is 2.54. The van der Waals surface area contributed by atoms with Gasteiger partial charge >= 0.3 is 0 Å². The molecule has 1 saturated carbocycles. The summed E-state index contributed by atoms with van der Waals surface area (Å²) in [6.07, 6.45) is 4.84. The van der Waals surface area contributed by atoms with Gasteiger partial charge in [0.25, 0.3) is 0 Å². The number of nitrogens with one attached hydrogen (secondary N) is 1. The maximum absolute atomic E-state index is 5.87. The van der Waals surface area contributed by atoms with E-state index in [1.165, 1.54) is 31.4 Å². The minimum atomic E-state index is 0.446. The molecule has 2 rings (SSSR count). The summed E-state index contributed by atoms with van der Waals surface area (Å²) in [6.45, 7) is 3.28. The van der Waals surface area contributed by atoms with Crippen LogP contribution in [0.1, 0.15) is 32.6 Å². The summed E-state index contributed by atoms with van der Waals surface area (Å²) < 4.78 is 0. The SMILES string of the molecule is CC1CNN=C1C1CCC(N)CC1. The first kappa shape index (κ1) is 9.00. The smallest absolute Gasteiger partial charge is 0.0455 e. The molecule has 3 N–H and O–H groups in total. The molecule has 0 aromatic rings. The molecule has 1 unspecified atom stereocenters. The van der Waals surface area contributed by atoms with Crippen LogP contribution in [0.25, 0.3) is 0 Å². The molecule has 0 spiro atoms. The molecule has 1 aliphatic carbocycles. The van der Waals surface area contributed by atoms with E-state index in [9.17, 15) is 0 Å². The molecule has 0 radical (unpaired) electrons. The molecule has 13 heavy (non-hydrogen) atoms. The van der Waals surface area contributed by atoms with Crippen molar-refractivity contribution >= 4 is 5.71 Å². The second-order valence-electron chi connectivity index (χ2n) is 4.41. The lowest BCUT2D eigenvalue weighted by Gasteiger charge is -2.27. The summed E-state index contributed by atoms with van der Waals surface area (Å²) in [4.78, 5) is 0. The van der Waals surface area contributed by atoms with Crippen molar-refractivity contribution < 1.29 is 0 Å². The molecule has 0 aromatic heterocycles. The third-order valence-corrected chi connectivity index (χ3v) is 3.30. The number of hydrogen-bond donors (Lipinski definition) is 2. The first-order valence-electron chi connectivity index (χ1n) is 5.33. The third-order valence-electron chi connectivity index (χ3n) is 3.30. The Morgan fingerprint density at radius 1 is 1.31 bits per heavy atom. The Morgan fingerprint density at radius 3 is 2.54 bits per heavy atom. The molecule has 74 valence electrons. The summed E-state index contributed by atoms with van der Waals surface area (Å²) >= 11 is 0. The fourth-order valence-electron chi connectivity index (χ4n) is 2.40. The molecular formula is C10H19N3. The van der Waals surface area contributed by atoms with Crippen molar-refractivity contribution in [3.63, 3.8) is 0 Å². The predicted molar refractivity (Wildman–Crippen MR) is 54.5 cm³/mol. The zero-order chi connectivity index (χ0) is 9.26.